The molecule has 14 rings (SSSR count). The van der Waals surface area contributed by atoms with E-state index in [-0.39, 0.29) is 10.8 Å². The molecule has 0 aliphatic rings. The van der Waals surface area contributed by atoms with Gasteiger partial charge >= 0.3 is 0 Å². The standard InChI is InChI=1S/C72H56N2O2/c1-71(2,3)51-25-33-55(34-26-51)73(53-29-15-45(16-30-53)49-23-41-67-61(43-49)57-11-7-9-13-65(57)75-67)63-39-21-47-20-38-60-64(40-22-48-19-37-59(63)69(47)70(48)60)74(56-35-27-52(28-36-56)72(4,5)6)54-31-17-46(18-32-54)50-24-42-68-62(44-50)58-12-8-10-14-66(58)76-68/h7-44H,1-6H3. The number of para-hydroxylation sites is 2. The van der Waals surface area contributed by atoms with Crippen molar-refractivity contribution in [1.29, 1.82) is 0 Å². The molecule has 0 unspecified atom stereocenters. The molecule has 76 heavy (non-hydrogen) atoms. The van der Waals surface area contributed by atoms with Gasteiger partial charge in [-0.1, -0.05) is 175 Å². The van der Waals surface area contributed by atoms with Gasteiger partial charge < -0.3 is 18.6 Å². The van der Waals surface area contributed by atoms with Gasteiger partial charge in [0.2, 0.25) is 0 Å². The van der Waals surface area contributed by atoms with Gasteiger partial charge in [-0.05, 0) is 163 Å². The number of rotatable bonds is 8. The predicted octanol–water partition coefficient (Wildman–Crippen LogP) is 21.3. The molecule has 0 bridgehead atoms. The normalized spacial score (nSPS) is 12.3. The number of anilines is 6. The van der Waals surface area contributed by atoms with Crippen LogP contribution in [0.3, 0.4) is 0 Å². The van der Waals surface area contributed by atoms with Crippen molar-refractivity contribution in [3.63, 3.8) is 0 Å². The third kappa shape index (κ3) is 7.58. The summed E-state index contributed by atoms with van der Waals surface area (Å²) >= 11 is 0. The molecule has 2 aromatic heterocycles. The molecule has 4 nitrogen and oxygen atoms in total. The van der Waals surface area contributed by atoms with Gasteiger partial charge in [-0.3, -0.25) is 0 Å². The third-order valence-corrected chi connectivity index (χ3v) is 15.8. The van der Waals surface area contributed by atoms with Crippen molar-refractivity contribution < 1.29 is 8.83 Å². The van der Waals surface area contributed by atoms with E-state index in [1.807, 2.05) is 24.3 Å². The second-order valence-corrected chi connectivity index (χ2v) is 22.6. The molecule has 0 atom stereocenters. The van der Waals surface area contributed by atoms with Crippen LogP contribution in [0.15, 0.2) is 239 Å². The van der Waals surface area contributed by atoms with Gasteiger partial charge in [0.15, 0.2) is 0 Å². The average molecular weight is 981 g/mol. The number of hydrogen-bond acceptors (Lipinski definition) is 4. The molecule has 2 heterocycles. The van der Waals surface area contributed by atoms with E-state index in [1.54, 1.807) is 0 Å². The third-order valence-electron chi connectivity index (χ3n) is 15.8. The minimum Gasteiger partial charge on any atom is -0.456 e. The van der Waals surface area contributed by atoms with Gasteiger partial charge in [0.1, 0.15) is 22.3 Å². The van der Waals surface area contributed by atoms with Crippen LogP contribution in [0.25, 0.3) is 98.4 Å². The highest BCUT2D eigenvalue weighted by atomic mass is 16.3. The van der Waals surface area contributed by atoms with Gasteiger partial charge in [-0.15, -0.1) is 0 Å². The first kappa shape index (κ1) is 45.5. The second-order valence-electron chi connectivity index (χ2n) is 22.6. The fraction of sp³-hybridized carbons (Fsp3) is 0.111. The van der Waals surface area contributed by atoms with Gasteiger partial charge in [-0.25, -0.2) is 0 Å². The van der Waals surface area contributed by atoms with Crippen LogP contribution in [0.1, 0.15) is 52.7 Å². The van der Waals surface area contributed by atoms with Crippen LogP contribution >= 0.6 is 0 Å². The van der Waals surface area contributed by atoms with E-state index in [2.05, 4.69) is 258 Å². The van der Waals surface area contributed by atoms with E-state index in [0.717, 1.165) is 100 Å². The molecular formula is C72H56N2O2. The molecule has 0 saturated carbocycles. The lowest BCUT2D eigenvalue weighted by molar-refractivity contribution is 0.590. The zero-order valence-electron chi connectivity index (χ0n) is 43.7. The van der Waals surface area contributed by atoms with Crippen LogP contribution in [-0.4, -0.2) is 0 Å². The minimum atomic E-state index is 0.0208. The largest absolute Gasteiger partial charge is 0.456 e. The van der Waals surface area contributed by atoms with Crippen molar-refractivity contribution in [2.24, 2.45) is 0 Å². The van der Waals surface area contributed by atoms with Gasteiger partial charge in [0, 0.05) is 55.1 Å². The van der Waals surface area contributed by atoms with E-state index in [4.69, 9.17) is 8.83 Å². The highest BCUT2D eigenvalue weighted by Crippen LogP contribution is 2.49. The number of fused-ring (bicyclic) bond motifs is 6. The highest BCUT2D eigenvalue weighted by molar-refractivity contribution is 6.28. The SMILES string of the molecule is CC(C)(C)c1ccc(N(c2ccc(-c3ccc4oc5ccccc5c4c3)cc2)c2ccc3ccc4c(N(c5ccc(-c6ccc7oc8ccccc8c7c6)cc5)c5ccc(C(C)(C)C)cc5)ccc5ccc2c3c54)cc1. The van der Waals surface area contributed by atoms with Crippen LogP contribution in [0.4, 0.5) is 34.1 Å². The summed E-state index contributed by atoms with van der Waals surface area (Å²) in [4.78, 5) is 4.88. The molecule has 0 N–H and O–H groups in total. The predicted molar refractivity (Wildman–Crippen MR) is 322 cm³/mol. The van der Waals surface area contributed by atoms with E-state index in [9.17, 15) is 0 Å². The smallest absolute Gasteiger partial charge is 0.135 e. The second kappa shape index (κ2) is 17.2. The number of nitrogens with zero attached hydrogens (tertiary/aromatic N) is 2. The molecule has 4 heteroatoms. The van der Waals surface area contributed by atoms with Crippen LogP contribution < -0.4 is 9.80 Å². The molecule has 12 aromatic carbocycles. The Labute approximate surface area is 443 Å². The first-order valence-electron chi connectivity index (χ1n) is 26.5. The Kier molecular flexibility index (Phi) is 10.3. The van der Waals surface area contributed by atoms with E-state index < -0.39 is 0 Å². The summed E-state index contributed by atoms with van der Waals surface area (Å²) in [6, 6.07) is 84.6. The first-order valence-corrected chi connectivity index (χ1v) is 26.5. The van der Waals surface area contributed by atoms with Crippen molar-refractivity contribution in [3.8, 4) is 22.3 Å². The molecule has 0 aliphatic heterocycles. The quantitative estimate of drug-likeness (QED) is 0.142. The number of furan rings is 2. The molecule has 366 valence electrons. The van der Waals surface area contributed by atoms with Crippen molar-refractivity contribution in [2.75, 3.05) is 9.80 Å². The van der Waals surface area contributed by atoms with Crippen LogP contribution in [0.5, 0.6) is 0 Å². The van der Waals surface area contributed by atoms with E-state index in [0.29, 0.717) is 0 Å². The highest BCUT2D eigenvalue weighted by Gasteiger charge is 2.24. The zero-order valence-corrected chi connectivity index (χ0v) is 43.7. The average Bonchev–Trinajstić information content (AvgIpc) is 4.04. The molecule has 0 aliphatic carbocycles. The lowest BCUT2D eigenvalue weighted by Crippen LogP contribution is -2.14. The summed E-state index contributed by atoms with van der Waals surface area (Å²) in [7, 11) is 0. The Hall–Kier alpha value is -9.12. The van der Waals surface area contributed by atoms with Gasteiger partial charge in [0.05, 0.1) is 11.4 Å². The Morgan fingerprint density at radius 3 is 0.987 bits per heavy atom. The van der Waals surface area contributed by atoms with Crippen LogP contribution in [0, 0.1) is 0 Å². The summed E-state index contributed by atoms with van der Waals surface area (Å²) in [5.41, 5.74) is 17.5. The lowest BCUT2D eigenvalue weighted by atomic mass is 9.87. The Bertz CT molecular complexity index is 4220. The van der Waals surface area contributed by atoms with Crippen LogP contribution in [-0.2, 0) is 10.8 Å². The molecule has 14 aromatic rings. The Morgan fingerprint density at radius 2 is 0.605 bits per heavy atom. The van der Waals surface area contributed by atoms with Crippen molar-refractivity contribution in [2.45, 2.75) is 52.4 Å². The monoisotopic (exact) mass is 980 g/mol. The summed E-state index contributed by atoms with van der Waals surface area (Å²) in [6.07, 6.45) is 0. The molecular weight excluding hydrogens is 925 g/mol. The maximum atomic E-state index is 6.20. The van der Waals surface area contributed by atoms with Gasteiger partial charge in [-0.2, -0.15) is 0 Å². The first-order chi connectivity index (χ1) is 36.9. The minimum absolute atomic E-state index is 0.0208. The molecule has 0 radical (unpaired) electrons. The topological polar surface area (TPSA) is 32.8 Å². The van der Waals surface area contributed by atoms with E-state index >= 15 is 0 Å². The Balaban J connectivity index is 0.907. The molecule has 0 spiro atoms. The van der Waals surface area contributed by atoms with Crippen molar-refractivity contribution in [1.82, 2.24) is 0 Å². The fourth-order valence-electron chi connectivity index (χ4n) is 11.7. The summed E-state index contributed by atoms with van der Waals surface area (Å²) in [6.45, 7) is 13.7. The maximum absolute atomic E-state index is 6.20. The molecule has 0 fully saturated rings. The van der Waals surface area contributed by atoms with E-state index in [1.165, 1.54) is 43.4 Å². The number of hydrogen-bond donors (Lipinski definition) is 0. The number of benzene rings is 12. The van der Waals surface area contributed by atoms with Gasteiger partial charge in [0.25, 0.3) is 0 Å². The lowest BCUT2D eigenvalue weighted by Gasteiger charge is -2.30. The maximum Gasteiger partial charge on any atom is 0.135 e. The summed E-state index contributed by atoms with van der Waals surface area (Å²) < 4.78 is 12.4. The summed E-state index contributed by atoms with van der Waals surface area (Å²) in [5, 5.41) is 11.8. The molecule has 0 saturated heterocycles. The Morgan fingerprint density at radius 1 is 0.276 bits per heavy atom. The van der Waals surface area contributed by atoms with Crippen LogP contribution in [0.2, 0.25) is 0 Å². The van der Waals surface area contributed by atoms with Crippen molar-refractivity contribution >= 4 is 110 Å². The van der Waals surface area contributed by atoms with Crippen molar-refractivity contribution in [3.05, 3.63) is 242 Å². The molecule has 0 amide bonds. The zero-order chi connectivity index (χ0) is 51.5. The fourth-order valence-corrected chi connectivity index (χ4v) is 11.7. The summed E-state index contributed by atoms with van der Waals surface area (Å²) in [5.74, 6) is 0.